The van der Waals surface area contributed by atoms with Crippen LogP contribution in [0.2, 0.25) is 0 Å². The Hall–Kier alpha value is -3.29. The molecule has 5 rings (SSSR count). The SMILES string of the molecule is O=C1N[C@@](Cc2ccccc2)(c2ccccc2)C(=O)N1Cc1csc(-c2cccs2)n1. The molecule has 0 spiro atoms. The van der Waals surface area contributed by atoms with Crippen LogP contribution in [0.1, 0.15) is 16.8 Å². The predicted molar refractivity (Wildman–Crippen MR) is 123 cm³/mol. The molecule has 2 aromatic heterocycles. The summed E-state index contributed by atoms with van der Waals surface area (Å²) in [6, 6.07) is 22.8. The maximum atomic E-state index is 13.7. The van der Waals surface area contributed by atoms with Gasteiger partial charge in [-0.2, -0.15) is 0 Å². The lowest BCUT2D eigenvalue weighted by molar-refractivity contribution is -0.132. The van der Waals surface area contributed by atoms with Crippen molar-refractivity contribution in [1.29, 1.82) is 0 Å². The van der Waals surface area contributed by atoms with Crippen LogP contribution in [0.4, 0.5) is 4.79 Å². The first-order valence-electron chi connectivity index (χ1n) is 9.87. The number of nitrogens with one attached hydrogen (secondary N) is 1. The molecule has 31 heavy (non-hydrogen) atoms. The molecule has 1 aliphatic rings. The third-order valence-electron chi connectivity index (χ3n) is 5.36. The topological polar surface area (TPSA) is 62.3 Å². The summed E-state index contributed by atoms with van der Waals surface area (Å²) in [5.74, 6) is -0.252. The molecule has 1 saturated heterocycles. The van der Waals surface area contributed by atoms with Crippen molar-refractivity contribution in [2.45, 2.75) is 18.5 Å². The van der Waals surface area contributed by atoms with Crippen LogP contribution in [0.5, 0.6) is 0 Å². The fraction of sp³-hybridized carbons (Fsp3) is 0.125. The highest BCUT2D eigenvalue weighted by molar-refractivity contribution is 7.20. The lowest BCUT2D eigenvalue weighted by atomic mass is 9.83. The van der Waals surface area contributed by atoms with Crippen LogP contribution in [0.25, 0.3) is 9.88 Å². The first-order valence-corrected chi connectivity index (χ1v) is 11.6. The number of carbonyl (C=O) groups excluding carboxylic acids is 2. The summed E-state index contributed by atoms with van der Waals surface area (Å²) in [5, 5.41) is 7.82. The summed E-state index contributed by atoms with van der Waals surface area (Å²) in [7, 11) is 0. The summed E-state index contributed by atoms with van der Waals surface area (Å²) in [6.45, 7) is 0.149. The lowest BCUT2D eigenvalue weighted by Gasteiger charge is -2.27. The van der Waals surface area contributed by atoms with Gasteiger partial charge < -0.3 is 5.32 Å². The lowest BCUT2D eigenvalue weighted by Crippen LogP contribution is -2.46. The Labute approximate surface area is 188 Å². The van der Waals surface area contributed by atoms with Crippen LogP contribution >= 0.6 is 22.7 Å². The maximum absolute atomic E-state index is 13.7. The molecule has 0 unspecified atom stereocenters. The average Bonchev–Trinajstić information content (AvgIpc) is 3.53. The summed E-state index contributed by atoms with van der Waals surface area (Å²) in [6.07, 6.45) is 0.385. The number of benzene rings is 2. The van der Waals surface area contributed by atoms with Crippen LogP contribution in [0.15, 0.2) is 83.6 Å². The highest BCUT2D eigenvalue weighted by Crippen LogP contribution is 2.34. The Morgan fingerprint density at radius 1 is 0.903 bits per heavy atom. The number of imide groups is 1. The smallest absolute Gasteiger partial charge is 0.319 e. The highest BCUT2D eigenvalue weighted by Gasteiger charge is 2.52. The van der Waals surface area contributed by atoms with Gasteiger partial charge in [0.1, 0.15) is 5.01 Å². The zero-order valence-electron chi connectivity index (χ0n) is 16.5. The number of amides is 3. The fourth-order valence-electron chi connectivity index (χ4n) is 3.87. The van der Waals surface area contributed by atoms with Crippen LogP contribution in [0.3, 0.4) is 0 Å². The number of urea groups is 1. The van der Waals surface area contributed by atoms with Gasteiger partial charge in [-0.05, 0) is 22.6 Å². The fourth-order valence-corrected chi connectivity index (χ4v) is 5.49. The van der Waals surface area contributed by atoms with Crippen molar-refractivity contribution in [1.82, 2.24) is 15.2 Å². The Kier molecular flexibility index (Phi) is 5.13. The molecular formula is C24H19N3O2S2. The van der Waals surface area contributed by atoms with Gasteiger partial charge in [0.05, 0.1) is 17.1 Å². The van der Waals surface area contributed by atoms with Gasteiger partial charge >= 0.3 is 6.03 Å². The van der Waals surface area contributed by atoms with E-state index in [0.717, 1.165) is 21.0 Å². The minimum absolute atomic E-state index is 0.149. The zero-order chi connectivity index (χ0) is 21.3. The quantitative estimate of drug-likeness (QED) is 0.422. The van der Waals surface area contributed by atoms with E-state index in [0.29, 0.717) is 12.1 Å². The number of hydrogen-bond donors (Lipinski definition) is 1. The second kappa shape index (κ2) is 8.09. The first-order chi connectivity index (χ1) is 15.2. The molecule has 5 nitrogen and oxygen atoms in total. The number of thiophene rings is 1. The third kappa shape index (κ3) is 3.66. The molecule has 0 aliphatic carbocycles. The van der Waals surface area contributed by atoms with Gasteiger partial charge in [-0.3, -0.25) is 9.69 Å². The summed E-state index contributed by atoms with van der Waals surface area (Å²) >= 11 is 3.14. The molecule has 1 aliphatic heterocycles. The molecule has 7 heteroatoms. The number of aromatic nitrogens is 1. The van der Waals surface area contributed by atoms with Crippen molar-refractivity contribution in [3.8, 4) is 9.88 Å². The van der Waals surface area contributed by atoms with Gasteiger partial charge in [-0.15, -0.1) is 22.7 Å². The van der Waals surface area contributed by atoms with Crippen molar-refractivity contribution in [3.05, 3.63) is 100 Å². The molecule has 1 fully saturated rings. The summed E-state index contributed by atoms with van der Waals surface area (Å²) in [4.78, 5) is 33.7. The normalized spacial score (nSPS) is 18.4. The Bertz CT molecular complexity index is 1210. The van der Waals surface area contributed by atoms with E-state index in [1.54, 1.807) is 11.3 Å². The Morgan fingerprint density at radius 2 is 1.65 bits per heavy atom. The van der Waals surface area contributed by atoms with Gasteiger partial charge in [-0.1, -0.05) is 66.7 Å². The largest absolute Gasteiger partial charge is 0.325 e. The van der Waals surface area contributed by atoms with Gasteiger partial charge in [0.25, 0.3) is 5.91 Å². The molecule has 1 N–H and O–H groups in total. The zero-order valence-corrected chi connectivity index (χ0v) is 18.2. The predicted octanol–water partition coefficient (Wildman–Crippen LogP) is 5.06. The number of carbonyl (C=O) groups is 2. The van der Waals surface area contributed by atoms with E-state index in [2.05, 4.69) is 10.3 Å². The summed E-state index contributed by atoms with van der Waals surface area (Å²) < 4.78 is 0. The van der Waals surface area contributed by atoms with Crippen molar-refractivity contribution < 1.29 is 9.59 Å². The van der Waals surface area contributed by atoms with E-state index >= 15 is 0 Å². The molecule has 0 saturated carbocycles. The van der Waals surface area contributed by atoms with E-state index in [1.807, 2.05) is 83.6 Å². The van der Waals surface area contributed by atoms with E-state index in [9.17, 15) is 9.59 Å². The molecule has 2 aromatic carbocycles. The molecule has 3 amide bonds. The van der Waals surface area contributed by atoms with Crippen LogP contribution < -0.4 is 5.32 Å². The van der Waals surface area contributed by atoms with Crippen molar-refractivity contribution >= 4 is 34.6 Å². The van der Waals surface area contributed by atoms with E-state index in [1.165, 1.54) is 16.2 Å². The number of hydrogen-bond acceptors (Lipinski definition) is 5. The standard InChI is InChI=1S/C24H19N3O2S2/c28-22-24(18-10-5-2-6-11-18,14-17-8-3-1-4-9-17)26-23(29)27(22)15-19-16-31-21(25-19)20-12-7-13-30-20/h1-13,16H,14-15H2,(H,26,29)/t24-/m0/s1. The molecule has 4 aromatic rings. The average molecular weight is 446 g/mol. The van der Waals surface area contributed by atoms with Gasteiger partial charge in [-0.25, -0.2) is 9.78 Å². The van der Waals surface area contributed by atoms with Crippen LogP contribution in [0, 0.1) is 0 Å². The Balaban J connectivity index is 1.47. The van der Waals surface area contributed by atoms with E-state index < -0.39 is 11.6 Å². The van der Waals surface area contributed by atoms with Gasteiger partial charge in [0.15, 0.2) is 5.54 Å². The molecule has 1 atom stereocenters. The minimum Gasteiger partial charge on any atom is -0.319 e. The molecule has 154 valence electrons. The molecule has 0 radical (unpaired) electrons. The van der Waals surface area contributed by atoms with E-state index in [-0.39, 0.29) is 12.5 Å². The monoisotopic (exact) mass is 445 g/mol. The van der Waals surface area contributed by atoms with Crippen molar-refractivity contribution in [2.24, 2.45) is 0 Å². The molecule has 3 heterocycles. The van der Waals surface area contributed by atoms with Gasteiger partial charge in [0, 0.05) is 11.8 Å². The number of rotatable bonds is 6. The maximum Gasteiger partial charge on any atom is 0.325 e. The van der Waals surface area contributed by atoms with E-state index in [4.69, 9.17) is 0 Å². The van der Waals surface area contributed by atoms with Crippen molar-refractivity contribution in [2.75, 3.05) is 0 Å². The number of thiazole rings is 1. The highest BCUT2D eigenvalue weighted by atomic mass is 32.1. The van der Waals surface area contributed by atoms with Crippen LogP contribution in [-0.4, -0.2) is 21.8 Å². The third-order valence-corrected chi connectivity index (χ3v) is 7.29. The second-order valence-corrected chi connectivity index (χ2v) is 9.18. The minimum atomic E-state index is -1.13. The number of nitrogens with zero attached hydrogens (tertiary/aromatic N) is 2. The van der Waals surface area contributed by atoms with Crippen LogP contribution in [-0.2, 0) is 23.3 Å². The molecule has 0 bridgehead atoms. The van der Waals surface area contributed by atoms with Gasteiger partial charge in [0.2, 0.25) is 0 Å². The molecular weight excluding hydrogens is 426 g/mol. The Morgan fingerprint density at radius 3 is 2.35 bits per heavy atom. The first kappa shape index (κ1) is 19.7. The second-order valence-electron chi connectivity index (χ2n) is 7.38. The van der Waals surface area contributed by atoms with Crippen molar-refractivity contribution in [3.63, 3.8) is 0 Å². The summed E-state index contributed by atoms with van der Waals surface area (Å²) in [5.41, 5.74) is 1.33.